The largest absolute Gasteiger partial charge is 0.497 e. The van der Waals surface area contributed by atoms with Gasteiger partial charge in [-0.3, -0.25) is 4.79 Å². The second-order valence-electron chi connectivity index (χ2n) is 6.87. The Hall–Kier alpha value is -2.70. The first-order valence-electron chi connectivity index (χ1n) is 9.20. The van der Waals surface area contributed by atoms with Crippen molar-refractivity contribution >= 4 is 11.6 Å². The fourth-order valence-corrected chi connectivity index (χ4v) is 3.53. The zero-order valence-corrected chi connectivity index (χ0v) is 15.6. The number of likely N-dealkylation sites (tertiary alicyclic amines) is 1. The molecule has 0 saturated carbocycles. The molecule has 2 aromatic rings. The molecule has 1 heterocycles. The van der Waals surface area contributed by atoms with Gasteiger partial charge in [0.25, 0.3) is 0 Å². The van der Waals surface area contributed by atoms with Crippen molar-refractivity contribution in [1.82, 2.24) is 4.90 Å². The molecular formula is C21H23F3N2O2. The molecule has 1 fully saturated rings. The molecule has 4 nitrogen and oxygen atoms in total. The summed E-state index contributed by atoms with van der Waals surface area (Å²) in [6, 6.07) is 12.7. The summed E-state index contributed by atoms with van der Waals surface area (Å²) in [6.07, 6.45) is -1.85. The number of carbonyl (C=O) groups is 1. The Balaban J connectivity index is 1.60. The number of rotatable bonds is 6. The van der Waals surface area contributed by atoms with Crippen LogP contribution >= 0.6 is 0 Å². The van der Waals surface area contributed by atoms with Crippen LogP contribution in [-0.4, -0.2) is 37.0 Å². The lowest BCUT2D eigenvalue weighted by Crippen LogP contribution is -2.40. The van der Waals surface area contributed by atoms with Gasteiger partial charge in [-0.05, 0) is 55.2 Å². The van der Waals surface area contributed by atoms with E-state index in [1.54, 1.807) is 7.11 Å². The van der Waals surface area contributed by atoms with Gasteiger partial charge in [0, 0.05) is 18.3 Å². The van der Waals surface area contributed by atoms with E-state index in [1.165, 1.54) is 12.1 Å². The molecule has 2 aromatic carbocycles. The van der Waals surface area contributed by atoms with Crippen molar-refractivity contribution in [1.29, 1.82) is 0 Å². The fraction of sp³-hybridized carbons (Fsp3) is 0.381. The molecular weight excluding hydrogens is 369 g/mol. The molecule has 28 heavy (non-hydrogen) atoms. The number of halogens is 3. The minimum absolute atomic E-state index is 0.0318. The molecule has 1 unspecified atom stereocenters. The average molecular weight is 392 g/mol. The van der Waals surface area contributed by atoms with Crippen molar-refractivity contribution in [2.75, 3.05) is 25.5 Å². The van der Waals surface area contributed by atoms with E-state index in [2.05, 4.69) is 5.32 Å². The molecule has 7 heteroatoms. The van der Waals surface area contributed by atoms with Gasteiger partial charge in [0.15, 0.2) is 0 Å². The topological polar surface area (TPSA) is 41.6 Å². The minimum atomic E-state index is -4.40. The van der Waals surface area contributed by atoms with E-state index in [0.29, 0.717) is 6.54 Å². The Morgan fingerprint density at radius 3 is 2.75 bits per heavy atom. The quantitative estimate of drug-likeness (QED) is 0.794. The van der Waals surface area contributed by atoms with E-state index >= 15 is 0 Å². The summed E-state index contributed by atoms with van der Waals surface area (Å²) in [7, 11) is 1.62. The number of amides is 1. The number of ether oxygens (including phenoxy) is 1. The Bertz CT molecular complexity index is 823. The van der Waals surface area contributed by atoms with Crippen molar-refractivity contribution in [3.05, 3.63) is 59.7 Å². The maximum Gasteiger partial charge on any atom is 0.416 e. The van der Waals surface area contributed by atoms with E-state index in [9.17, 15) is 18.0 Å². The fourth-order valence-electron chi connectivity index (χ4n) is 3.53. The molecule has 1 atom stereocenters. The molecule has 1 saturated heterocycles. The van der Waals surface area contributed by atoms with Gasteiger partial charge in [-0.2, -0.15) is 13.2 Å². The molecule has 1 amide bonds. The van der Waals surface area contributed by atoms with Crippen molar-refractivity contribution in [2.45, 2.75) is 31.5 Å². The van der Waals surface area contributed by atoms with Crippen LogP contribution in [0.4, 0.5) is 18.9 Å². The summed E-state index contributed by atoms with van der Waals surface area (Å²) in [5.74, 6) is 0.669. The smallest absolute Gasteiger partial charge is 0.416 e. The zero-order valence-electron chi connectivity index (χ0n) is 15.6. The molecule has 3 rings (SSSR count). The normalized spacial score (nSPS) is 16.9. The first kappa shape index (κ1) is 20.0. The predicted molar refractivity (Wildman–Crippen MR) is 101 cm³/mol. The molecule has 1 aliphatic heterocycles. The molecule has 1 N–H and O–H groups in total. The highest BCUT2D eigenvalue weighted by Gasteiger charge is 2.31. The number of nitrogens with one attached hydrogen (secondary N) is 1. The number of hydrogen-bond acceptors (Lipinski definition) is 3. The van der Waals surface area contributed by atoms with Gasteiger partial charge < -0.3 is 15.0 Å². The standard InChI is InChI=1S/C21H23F3N2O2/c1-28-19-9-2-5-15(12-19)11-18-8-4-10-26(18)20(27)14-25-17-7-3-6-16(13-17)21(22,23)24/h2-3,5-7,9,12-13,18,25H,4,8,10-11,14H2,1H3. The van der Waals surface area contributed by atoms with Gasteiger partial charge in [0.2, 0.25) is 5.91 Å². The van der Waals surface area contributed by atoms with Crippen LogP contribution in [0.5, 0.6) is 5.75 Å². The maximum absolute atomic E-state index is 12.8. The summed E-state index contributed by atoms with van der Waals surface area (Å²) in [5.41, 5.74) is 0.642. The van der Waals surface area contributed by atoms with Crippen LogP contribution in [0.25, 0.3) is 0 Å². The highest BCUT2D eigenvalue weighted by Crippen LogP contribution is 2.30. The number of carbonyl (C=O) groups excluding carboxylic acids is 1. The van der Waals surface area contributed by atoms with E-state index in [-0.39, 0.29) is 24.2 Å². The van der Waals surface area contributed by atoms with Crippen LogP contribution in [0.3, 0.4) is 0 Å². The number of benzene rings is 2. The van der Waals surface area contributed by atoms with Gasteiger partial charge in [-0.15, -0.1) is 0 Å². The van der Waals surface area contributed by atoms with Crippen LogP contribution in [0.2, 0.25) is 0 Å². The third-order valence-electron chi connectivity index (χ3n) is 4.94. The van der Waals surface area contributed by atoms with Crippen LogP contribution in [0.1, 0.15) is 24.0 Å². The number of alkyl halides is 3. The summed E-state index contributed by atoms with van der Waals surface area (Å²) < 4.78 is 43.7. The number of anilines is 1. The molecule has 0 bridgehead atoms. The van der Waals surface area contributed by atoms with Gasteiger partial charge in [0.05, 0.1) is 19.2 Å². The van der Waals surface area contributed by atoms with Crippen molar-refractivity contribution in [3.63, 3.8) is 0 Å². The molecule has 0 aromatic heterocycles. The first-order chi connectivity index (χ1) is 13.4. The van der Waals surface area contributed by atoms with E-state index in [4.69, 9.17) is 4.74 Å². The van der Waals surface area contributed by atoms with E-state index < -0.39 is 11.7 Å². The highest BCUT2D eigenvalue weighted by atomic mass is 19.4. The molecule has 0 aliphatic carbocycles. The molecule has 150 valence electrons. The first-order valence-corrected chi connectivity index (χ1v) is 9.20. The maximum atomic E-state index is 12.8. The summed E-state index contributed by atoms with van der Waals surface area (Å²) in [6.45, 7) is 0.633. The molecule has 1 aliphatic rings. The van der Waals surface area contributed by atoms with Gasteiger partial charge in [-0.25, -0.2) is 0 Å². The van der Waals surface area contributed by atoms with E-state index in [0.717, 1.165) is 42.7 Å². The van der Waals surface area contributed by atoms with Crippen LogP contribution < -0.4 is 10.1 Å². The van der Waals surface area contributed by atoms with Gasteiger partial charge in [0.1, 0.15) is 5.75 Å². The Kier molecular flexibility index (Phi) is 6.11. The van der Waals surface area contributed by atoms with Gasteiger partial charge >= 0.3 is 6.18 Å². The number of methoxy groups -OCH3 is 1. The Labute approximate surface area is 162 Å². The lowest BCUT2D eigenvalue weighted by Gasteiger charge is -2.25. The lowest BCUT2D eigenvalue weighted by atomic mass is 10.0. The second kappa shape index (κ2) is 8.54. The molecule has 0 radical (unpaired) electrons. The third kappa shape index (κ3) is 4.97. The summed E-state index contributed by atoms with van der Waals surface area (Å²) in [5, 5.41) is 2.83. The van der Waals surface area contributed by atoms with Crippen molar-refractivity contribution in [2.24, 2.45) is 0 Å². The average Bonchev–Trinajstić information content (AvgIpc) is 3.14. The van der Waals surface area contributed by atoms with Crippen LogP contribution in [0, 0.1) is 0 Å². The summed E-state index contributed by atoms with van der Waals surface area (Å²) in [4.78, 5) is 14.5. The van der Waals surface area contributed by atoms with Crippen LogP contribution in [0.15, 0.2) is 48.5 Å². The number of nitrogens with zero attached hydrogens (tertiary/aromatic N) is 1. The number of hydrogen-bond donors (Lipinski definition) is 1. The monoisotopic (exact) mass is 392 g/mol. The SMILES string of the molecule is COc1cccc(CC2CCCN2C(=O)CNc2cccc(C(F)(F)F)c2)c1. The van der Waals surface area contributed by atoms with Crippen molar-refractivity contribution in [3.8, 4) is 5.75 Å². The van der Waals surface area contributed by atoms with Crippen LogP contribution in [-0.2, 0) is 17.4 Å². The van der Waals surface area contributed by atoms with Gasteiger partial charge in [-0.1, -0.05) is 18.2 Å². The third-order valence-corrected chi connectivity index (χ3v) is 4.94. The second-order valence-corrected chi connectivity index (χ2v) is 6.87. The lowest BCUT2D eigenvalue weighted by molar-refractivity contribution is -0.137. The molecule has 0 spiro atoms. The van der Waals surface area contributed by atoms with Crippen molar-refractivity contribution < 1.29 is 22.7 Å². The Morgan fingerprint density at radius 1 is 1.21 bits per heavy atom. The predicted octanol–water partition coefficient (Wildman–Crippen LogP) is 4.36. The minimum Gasteiger partial charge on any atom is -0.497 e. The summed E-state index contributed by atoms with van der Waals surface area (Å²) >= 11 is 0. The van der Waals surface area contributed by atoms with E-state index in [1.807, 2.05) is 29.2 Å². The Morgan fingerprint density at radius 2 is 2.00 bits per heavy atom. The zero-order chi connectivity index (χ0) is 20.1. The highest BCUT2D eigenvalue weighted by molar-refractivity contribution is 5.81.